The van der Waals surface area contributed by atoms with Crippen molar-refractivity contribution < 1.29 is 4.79 Å². The molecule has 0 atom stereocenters. The smallest absolute Gasteiger partial charge is 0.220 e. The van der Waals surface area contributed by atoms with E-state index < -0.39 is 0 Å². The van der Waals surface area contributed by atoms with Crippen LogP contribution in [0.3, 0.4) is 0 Å². The molecular formula is C29H37N3OS. The number of carbonyl (C=O) groups is 1. The summed E-state index contributed by atoms with van der Waals surface area (Å²) >= 11 is 1.82. The van der Waals surface area contributed by atoms with Crippen molar-refractivity contribution in [1.29, 1.82) is 0 Å². The largest absolute Gasteiger partial charge is 0.356 e. The highest BCUT2D eigenvalue weighted by Crippen LogP contribution is 2.36. The van der Waals surface area contributed by atoms with Crippen LogP contribution in [0.4, 0.5) is 0 Å². The summed E-state index contributed by atoms with van der Waals surface area (Å²) in [5, 5.41) is 4.19. The molecule has 1 heterocycles. The molecule has 180 valence electrons. The number of rotatable bonds is 12. The predicted molar refractivity (Wildman–Crippen MR) is 143 cm³/mol. The van der Waals surface area contributed by atoms with Crippen molar-refractivity contribution in [3.63, 3.8) is 0 Å². The summed E-state index contributed by atoms with van der Waals surface area (Å²) in [4.78, 5) is 17.2. The molecule has 0 bridgehead atoms. The van der Waals surface area contributed by atoms with Crippen molar-refractivity contribution in [3.8, 4) is 22.5 Å². The van der Waals surface area contributed by atoms with Gasteiger partial charge >= 0.3 is 0 Å². The zero-order chi connectivity index (χ0) is 23.6. The first kappa shape index (κ1) is 24.6. The van der Waals surface area contributed by atoms with Crippen LogP contribution >= 0.6 is 11.8 Å². The van der Waals surface area contributed by atoms with E-state index in [2.05, 4.69) is 71.4 Å². The minimum Gasteiger partial charge on any atom is -0.356 e. The summed E-state index contributed by atoms with van der Waals surface area (Å²) in [6.45, 7) is 3.84. The van der Waals surface area contributed by atoms with Gasteiger partial charge in [0.25, 0.3) is 0 Å². The lowest BCUT2D eigenvalue weighted by molar-refractivity contribution is -0.121. The van der Waals surface area contributed by atoms with Crippen LogP contribution in [-0.2, 0) is 11.3 Å². The number of benzene rings is 2. The Labute approximate surface area is 208 Å². The van der Waals surface area contributed by atoms with Gasteiger partial charge < -0.3 is 9.88 Å². The van der Waals surface area contributed by atoms with Gasteiger partial charge in [-0.15, -0.1) is 0 Å². The lowest BCUT2D eigenvalue weighted by Gasteiger charge is -2.11. The number of nitrogens with one attached hydrogen (secondary N) is 1. The van der Waals surface area contributed by atoms with Crippen molar-refractivity contribution in [1.82, 2.24) is 14.9 Å². The fraction of sp³-hybridized carbons (Fsp3) is 0.448. The second-order valence-corrected chi connectivity index (χ2v) is 10.2. The third-order valence-corrected chi connectivity index (χ3v) is 7.78. The average molecular weight is 476 g/mol. The Balaban J connectivity index is 1.32. The SMILES string of the molecule is CCn1c(SCCCCNC(=O)CCC2CCCC2)nc(-c2ccccc2)c1-c1ccccc1. The molecule has 4 rings (SSSR count). The van der Waals surface area contributed by atoms with Crippen molar-refractivity contribution in [2.75, 3.05) is 12.3 Å². The Morgan fingerprint density at radius 3 is 2.35 bits per heavy atom. The van der Waals surface area contributed by atoms with Crippen molar-refractivity contribution in [2.24, 2.45) is 5.92 Å². The van der Waals surface area contributed by atoms with Gasteiger partial charge in [0.2, 0.25) is 5.91 Å². The van der Waals surface area contributed by atoms with Gasteiger partial charge in [0.1, 0.15) is 0 Å². The molecule has 5 heteroatoms. The lowest BCUT2D eigenvalue weighted by atomic mass is 10.0. The first-order valence-electron chi connectivity index (χ1n) is 12.9. The topological polar surface area (TPSA) is 46.9 Å². The molecule has 1 aliphatic carbocycles. The van der Waals surface area contributed by atoms with Gasteiger partial charge in [0, 0.05) is 36.4 Å². The Kier molecular flexibility index (Phi) is 9.26. The molecule has 3 aromatic rings. The molecule has 0 saturated heterocycles. The first-order valence-corrected chi connectivity index (χ1v) is 13.9. The third kappa shape index (κ3) is 6.53. The fourth-order valence-corrected chi connectivity index (χ4v) is 5.93. The molecular weight excluding hydrogens is 438 g/mol. The number of thioether (sulfide) groups is 1. The summed E-state index contributed by atoms with van der Waals surface area (Å²) in [7, 11) is 0. The number of imidazole rings is 1. The molecule has 1 aromatic heterocycles. The van der Waals surface area contributed by atoms with Gasteiger partial charge in [-0.3, -0.25) is 4.79 Å². The second kappa shape index (κ2) is 12.8. The Hall–Kier alpha value is -2.53. The summed E-state index contributed by atoms with van der Waals surface area (Å²) in [5.41, 5.74) is 4.58. The molecule has 34 heavy (non-hydrogen) atoms. The Bertz CT molecular complexity index is 1030. The van der Waals surface area contributed by atoms with Crippen LogP contribution < -0.4 is 5.32 Å². The highest BCUT2D eigenvalue weighted by atomic mass is 32.2. The van der Waals surface area contributed by atoms with Crippen LogP contribution in [0, 0.1) is 5.92 Å². The number of carbonyl (C=O) groups excluding carboxylic acids is 1. The van der Waals surface area contributed by atoms with Crippen LogP contribution in [0.2, 0.25) is 0 Å². The van der Waals surface area contributed by atoms with Crippen LogP contribution in [0.1, 0.15) is 58.3 Å². The van der Waals surface area contributed by atoms with Gasteiger partial charge in [-0.1, -0.05) is 98.1 Å². The van der Waals surface area contributed by atoms with Crippen LogP contribution in [0.5, 0.6) is 0 Å². The average Bonchev–Trinajstić information content (AvgIpc) is 3.53. The Morgan fingerprint density at radius 1 is 1.00 bits per heavy atom. The maximum absolute atomic E-state index is 12.1. The Morgan fingerprint density at radius 2 is 1.68 bits per heavy atom. The van der Waals surface area contributed by atoms with E-state index in [4.69, 9.17) is 4.98 Å². The number of aromatic nitrogens is 2. The van der Waals surface area contributed by atoms with E-state index in [-0.39, 0.29) is 5.91 Å². The highest BCUT2D eigenvalue weighted by Gasteiger charge is 2.19. The molecule has 4 nitrogen and oxygen atoms in total. The van der Waals surface area contributed by atoms with Crippen LogP contribution in [-0.4, -0.2) is 27.8 Å². The standard InChI is InChI=1S/C29H37N3OS/c1-2-32-28(25-17-7-4-8-18-25)27(24-15-5-3-6-16-24)31-29(32)34-22-12-11-21-30-26(33)20-19-23-13-9-10-14-23/h3-8,15-18,23H,2,9-14,19-22H2,1H3,(H,30,33). The fourth-order valence-electron chi connectivity index (χ4n) is 4.86. The molecule has 0 aliphatic heterocycles. The quantitative estimate of drug-likeness (QED) is 0.223. The van der Waals surface area contributed by atoms with Gasteiger partial charge in [-0.25, -0.2) is 4.98 Å². The van der Waals surface area contributed by atoms with E-state index in [1.165, 1.54) is 36.9 Å². The molecule has 0 spiro atoms. The highest BCUT2D eigenvalue weighted by molar-refractivity contribution is 7.99. The molecule has 1 amide bonds. The summed E-state index contributed by atoms with van der Waals surface area (Å²) in [5.74, 6) is 2.00. The zero-order valence-electron chi connectivity index (χ0n) is 20.3. The third-order valence-electron chi connectivity index (χ3n) is 6.72. The molecule has 1 N–H and O–H groups in total. The summed E-state index contributed by atoms with van der Waals surface area (Å²) < 4.78 is 2.34. The summed E-state index contributed by atoms with van der Waals surface area (Å²) in [6, 6.07) is 21.0. The molecule has 2 aromatic carbocycles. The molecule has 1 fully saturated rings. The predicted octanol–water partition coefficient (Wildman–Crippen LogP) is 7.20. The van der Waals surface area contributed by atoms with E-state index in [9.17, 15) is 4.79 Å². The van der Waals surface area contributed by atoms with Crippen molar-refractivity contribution in [3.05, 3.63) is 60.7 Å². The van der Waals surface area contributed by atoms with E-state index in [0.29, 0.717) is 6.42 Å². The van der Waals surface area contributed by atoms with E-state index in [1.54, 1.807) is 0 Å². The molecule has 0 radical (unpaired) electrons. The normalized spacial score (nSPS) is 13.9. The van der Waals surface area contributed by atoms with Crippen molar-refractivity contribution >= 4 is 17.7 Å². The molecule has 1 aliphatic rings. The minimum absolute atomic E-state index is 0.223. The van der Waals surface area contributed by atoms with E-state index >= 15 is 0 Å². The van der Waals surface area contributed by atoms with E-state index in [1.807, 2.05) is 17.8 Å². The molecule has 1 saturated carbocycles. The van der Waals surface area contributed by atoms with Gasteiger partial charge in [-0.05, 0) is 32.1 Å². The van der Waals surface area contributed by atoms with Crippen LogP contribution in [0.25, 0.3) is 22.5 Å². The maximum atomic E-state index is 12.1. The van der Waals surface area contributed by atoms with Crippen LogP contribution in [0.15, 0.2) is 65.8 Å². The number of hydrogen-bond acceptors (Lipinski definition) is 3. The lowest BCUT2D eigenvalue weighted by Crippen LogP contribution is -2.24. The summed E-state index contributed by atoms with van der Waals surface area (Å²) in [6.07, 6.45) is 9.15. The zero-order valence-corrected chi connectivity index (χ0v) is 21.2. The van der Waals surface area contributed by atoms with Gasteiger partial charge in [0.15, 0.2) is 5.16 Å². The monoisotopic (exact) mass is 475 g/mol. The second-order valence-electron chi connectivity index (χ2n) is 9.16. The number of unbranched alkanes of at least 4 members (excludes halogenated alkanes) is 1. The number of nitrogens with zero attached hydrogens (tertiary/aromatic N) is 2. The van der Waals surface area contributed by atoms with Crippen molar-refractivity contribution in [2.45, 2.75) is 70.0 Å². The maximum Gasteiger partial charge on any atom is 0.220 e. The van der Waals surface area contributed by atoms with E-state index in [0.717, 1.165) is 60.4 Å². The minimum atomic E-state index is 0.223. The van der Waals surface area contributed by atoms with Gasteiger partial charge in [-0.2, -0.15) is 0 Å². The van der Waals surface area contributed by atoms with Gasteiger partial charge in [0.05, 0.1) is 11.4 Å². The first-order chi connectivity index (χ1) is 16.8. The number of amides is 1. The number of hydrogen-bond donors (Lipinski definition) is 1. The molecule has 0 unspecified atom stereocenters.